The standard InChI is InChI=1S/C3H6NO2P/c1-2-3(7)6-4-5/h2-3H,1,7H2. The van der Waals surface area contributed by atoms with E-state index < -0.39 is 0 Å². The van der Waals surface area contributed by atoms with Crippen LogP contribution in [0.5, 0.6) is 0 Å². The molecule has 0 saturated carbocycles. The van der Waals surface area contributed by atoms with E-state index in [1.54, 1.807) is 0 Å². The van der Waals surface area contributed by atoms with Crippen LogP contribution in [0.3, 0.4) is 0 Å². The lowest BCUT2D eigenvalue weighted by Crippen LogP contribution is -1.90. The molecule has 0 amide bonds. The molecule has 0 saturated heterocycles. The first-order chi connectivity index (χ1) is 3.31. The van der Waals surface area contributed by atoms with Crippen molar-refractivity contribution in [2.24, 2.45) is 5.34 Å². The molecule has 0 heterocycles. The molecule has 0 N–H and O–H groups in total. The zero-order valence-corrected chi connectivity index (χ0v) is 4.86. The number of nitrogens with zero attached hydrogens (tertiary/aromatic N) is 1. The van der Waals surface area contributed by atoms with Gasteiger partial charge in [0.1, 0.15) is 0 Å². The predicted molar refractivity (Wildman–Crippen MR) is 30.6 cm³/mol. The van der Waals surface area contributed by atoms with Gasteiger partial charge in [0.2, 0.25) is 0 Å². The minimum absolute atomic E-state index is 0.350. The van der Waals surface area contributed by atoms with Crippen LogP contribution in [0, 0.1) is 4.91 Å². The van der Waals surface area contributed by atoms with Crippen LogP contribution in [0.1, 0.15) is 0 Å². The highest BCUT2D eigenvalue weighted by Gasteiger charge is 1.90. The third-order valence-electron chi connectivity index (χ3n) is 0.397. The predicted octanol–water partition coefficient (Wildman–Crippen LogP) is 1.07. The fraction of sp³-hybridized carbons (Fsp3) is 0.333. The lowest BCUT2D eigenvalue weighted by atomic mass is 10.7. The molecule has 7 heavy (non-hydrogen) atoms. The molecule has 0 rings (SSSR count). The molecule has 2 atom stereocenters. The molecule has 0 aromatic rings. The molecular weight excluding hydrogens is 113 g/mol. The summed E-state index contributed by atoms with van der Waals surface area (Å²) < 4.78 is 0. The van der Waals surface area contributed by atoms with Crippen molar-refractivity contribution in [2.45, 2.75) is 5.85 Å². The third kappa shape index (κ3) is 3.40. The summed E-state index contributed by atoms with van der Waals surface area (Å²) in [6.07, 6.45) is 1.45. The van der Waals surface area contributed by atoms with E-state index in [1.807, 2.05) is 0 Å². The van der Waals surface area contributed by atoms with E-state index >= 15 is 0 Å². The molecule has 0 aliphatic heterocycles. The molecule has 0 aliphatic carbocycles. The molecule has 0 spiro atoms. The van der Waals surface area contributed by atoms with Crippen molar-refractivity contribution in [3.63, 3.8) is 0 Å². The lowest BCUT2D eigenvalue weighted by Gasteiger charge is -1.94. The maximum atomic E-state index is 9.24. The van der Waals surface area contributed by atoms with Crippen molar-refractivity contribution in [1.29, 1.82) is 0 Å². The summed E-state index contributed by atoms with van der Waals surface area (Å²) in [5, 5.41) is 2.16. The first-order valence-electron chi connectivity index (χ1n) is 1.68. The quantitative estimate of drug-likeness (QED) is 0.241. The molecule has 0 fully saturated rings. The van der Waals surface area contributed by atoms with Gasteiger partial charge < -0.3 is 4.84 Å². The van der Waals surface area contributed by atoms with Gasteiger partial charge in [-0.25, -0.2) is 0 Å². The maximum Gasteiger partial charge on any atom is 0.161 e. The Morgan fingerprint density at radius 1 is 2.00 bits per heavy atom. The Hall–Kier alpha value is -0.430. The summed E-state index contributed by atoms with van der Waals surface area (Å²) >= 11 is 0. The van der Waals surface area contributed by atoms with E-state index in [1.165, 1.54) is 6.08 Å². The van der Waals surface area contributed by atoms with Crippen LogP contribution >= 0.6 is 9.24 Å². The monoisotopic (exact) mass is 119 g/mol. The molecule has 4 heteroatoms. The van der Waals surface area contributed by atoms with E-state index in [0.29, 0.717) is 0 Å². The van der Waals surface area contributed by atoms with Crippen LogP contribution in [0.2, 0.25) is 0 Å². The highest BCUT2D eigenvalue weighted by atomic mass is 31.0. The Bertz CT molecular complexity index is 75.3. The summed E-state index contributed by atoms with van der Waals surface area (Å²) in [4.78, 5) is 13.3. The Morgan fingerprint density at radius 3 is 2.71 bits per heavy atom. The zero-order valence-electron chi connectivity index (χ0n) is 3.70. The number of hydrogen-bond donors (Lipinski definition) is 0. The second kappa shape index (κ2) is 3.75. The average molecular weight is 119 g/mol. The van der Waals surface area contributed by atoms with Gasteiger partial charge in [0.15, 0.2) is 11.2 Å². The SMILES string of the molecule is C=CC(P)ON=O. The molecule has 2 unspecified atom stereocenters. The van der Waals surface area contributed by atoms with Crippen LogP contribution in [0.4, 0.5) is 0 Å². The highest BCUT2D eigenvalue weighted by Crippen LogP contribution is 2.01. The molecule has 3 nitrogen and oxygen atoms in total. The van der Waals surface area contributed by atoms with E-state index in [2.05, 4.69) is 26.0 Å². The lowest BCUT2D eigenvalue weighted by molar-refractivity contribution is 0.146. The largest absolute Gasteiger partial charge is 0.353 e. The van der Waals surface area contributed by atoms with E-state index in [9.17, 15) is 4.91 Å². The van der Waals surface area contributed by atoms with Crippen molar-refractivity contribution < 1.29 is 4.84 Å². The zero-order chi connectivity index (χ0) is 5.70. The van der Waals surface area contributed by atoms with Gasteiger partial charge in [-0.3, -0.25) is 0 Å². The fourth-order valence-corrected chi connectivity index (χ4v) is 0.142. The van der Waals surface area contributed by atoms with Gasteiger partial charge in [-0.05, 0) is 6.08 Å². The van der Waals surface area contributed by atoms with Crippen molar-refractivity contribution in [1.82, 2.24) is 0 Å². The van der Waals surface area contributed by atoms with Crippen LogP contribution in [-0.2, 0) is 4.84 Å². The van der Waals surface area contributed by atoms with Gasteiger partial charge in [0.25, 0.3) is 0 Å². The Kier molecular flexibility index (Phi) is 3.52. The molecule has 0 bridgehead atoms. The summed E-state index contributed by atoms with van der Waals surface area (Å²) in [5.41, 5.74) is 0. The summed E-state index contributed by atoms with van der Waals surface area (Å²) in [7, 11) is 2.22. The molecular formula is C3H6NO2P. The minimum atomic E-state index is -0.350. The van der Waals surface area contributed by atoms with Crippen LogP contribution < -0.4 is 0 Å². The summed E-state index contributed by atoms with van der Waals surface area (Å²) in [6.45, 7) is 3.33. The van der Waals surface area contributed by atoms with Gasteiger partial charge in [-0.15, -0.1) is 4.91 Å². The van der Waals surface area contributed by atoms with Gasteiger partial charge in [0, 0.05) is 0 Å². The van der Waals surface area contributed by atoms with Gasteiger partial charge in [0.05, 0.1) is 0 Å². The third-order valence-corrected chi connectivity index (χ3v) is 0.791. The second-order valence-corrected chi connectivity index (χ2v) is 1.54. The smallest absolute Gasteiger partial charge is 0.161 e. The number of rotatable bonds is 3. The first-order valence-corrected chi connectivity index (χ1v) is 2.34. The molecule has 40 valence electrons. The van der Waals surface area contributed by atoms with Gasteiger partial charge in [-0.2, -0.15) is 0 Å². The molecule has 0 radical (unpaired) electrons. The second-order valence-electron chi connectivity index (χ2n) is 0.880. The minimum Gasteiger partial charge on any atom is -0.353 e. The highest BCUT2D eigenvalue weighted by molar-refractivity contribution is 7.17. The van der Waals surface area contributed by atoms with Crippen LogP contribution in [0.25, 0.3) is 0 Å². The van der Waals surface area contributed by atoms with Crippen LogP contribution in [0.15, 0.2) is 18.0 Å². The van der Waals surface area contributed by atoms with Gasteiger partial charge in [-0.1, -0.05) is 15.8 Å². The van der Waals surface area contributed by atoms with E-state index in [0.717, 1.165) is 0 Å². The molecule has 0 aliphatic rings. The summed E-state index contributed by atoms with van der Waals surface area (Å²) in [6, 6.07) is 0. The van der Waals surface area contributed by atoms with Crippen molar-refractivity contribution >= 4 is 9.24 Å². The Morgan fingerprint density at radius 2 is 2.57 bits per heavy atom. The van der Waals surface area contributed by atoms with Crippen molar-refractivity contribution in [3.05, 3.63) is 17.6 Å². The van der Waals surface area contributed by atoms with Crippen LogP contribution in [-0.4, -0.2) is 5.85 Å². The van der Waals surface area contributed by atoms with Gasteiger partial charge >= 0.3 is 0 Å². The molecule has 0 aromatic carbocycles. The van der Waals surface area contributed by atoms with Crippen molar-refractivity contribution in [3.8, 4) is 0 Å². The number of hydrogen-bond acceptors (Lipinski definition) is 3. The maximum absolute atomic E-state index is 9.24. The van der Waals surface area contributed by atoms with E-state index in [4.69, 9.17) is 0 Å². The summed E-state index contributed by atoms with van der Waals surface area (Å²) in [5.74, 6) is -0.350. The average Bonchev–Trinajstić information content (AvgIpc) is 1.68. The van der Waals surface area contributed by atoms with Crippen molar-refractivity contribution in [2.75, 3.05) is 0 Å². The fourth-order valence-electron chi connectivity index (χ4n) is 0.0927. The first kappa shape index (κ1) is 6.57. The Labute approximate surface area is 43.9 Å². The normalized spacial score (nSPS) is 12.1. The molecule has 0 aromatic heterocycles. The van der Waals surface area contributed by atoms with E-state index in [-0.39, 0.29) is 5.85 Å². The Balaban J connectivity index is 3.15. The topological polar surface area (TPSA) is 38.7 Å².